The van der Waals surface area contributed by atoms with Crippen molar-refractivity contribution >= 4 is 27.3 Å². The average molecular weight is 410 g/mol. The van der Waals surface area contributed by atoms with Crippen LogP contribution in [0.5, 0.6) is 0 Å². The molecule has 4 rings (SSSR count). The first-order valence-corrected chi connectivity index (χ1v) is 11.3. The Morgan fingerprint density at radius 1 is 1.30 bits per heavy atom. The quantitative estimate of drug-likeness (QED) is 0.769. The second-order valence-corrected chi connectivity index (χ2v) is 10.6. The number of amides is 1. The Morgan fingerprint density at radius 2 is 2.04 bits per heavy atom. The maximum atomic E-state index is 12.7. The van der Waals surface area contributed by atoms with E-state index in [1.165, 1.54) is 16.2 Å². The fraction of sp³-hybridized carbons (Fsp3) is 0.588. The molecular formula is C17H23N5O3S2. The highest BCUT2D eigenvalue weighted by Gasteiger charge is 2.51. The lowest BCUT2D eigenvalue weighted by atomic mass is 9.59. The van der Waals surface area contributed by atoms with Crippen molar-refractivity contribution in [2.24, 2.45) is 5.41 Å². The third kappa shape index (κ3) is 3.09. The normalized spacial score (nSPS) is 22.5. The number of sulfonamides is 1. The molecule has 2 aromatic rings. The Hall–Kier alpha value is -1.78. The number of carbonyl (C=O) groups excluding carboxylic acids is 1. The van der Waals surface area contributed by atoms with E-state index in [0.717, 1.165) is 25.7 Å². The molecule has 1 amide bonds. The first-order chi connectivity index (χ1) is 12.8. The van der Waals surface area contributed by atoms with Gasteiger partial charge in [-0.05, 0) is 42.5 Å². The highest BCUT2D eigenvalue weighted by atomic mass is 32.2. The summed E-state index contributed by atoms with van der Waals surface area (Å²) < 4.78 is 29.3. The second kappa shape index (κ2) is 6.68. The van der Waals surface area contributed by atoms with Crippen LogP contribution in [0.1, 0.15) is 42.2 Å². The third-order valence-electron chi connectivity index (χ3n) is 5.88. The minimum absolute atomic E-state index is 0.0492. The predicted octanol–water partition coefficient (Wildman–Crippen LogP) is 1.85. The molecule has 1 atom stereocenters. The van der Waals surface area contributed by atoms with Crippen molar-refractivity contribution in [1.29, 1.82) is 0 Å². The van der Waals surface area contributed by atoms with E-state index < -0.39 is 10.0 Å². The summed E-state index contributed by atoms with van der Waals surface area (Å²) in [5.74, 6) is -0.161. The van der Waals surface area contributed by atoms with Gasteiger partial charge in [-0.1, -0.05) is 11.3 Å². The van der Waals surface area contributed by atoms with Crippen molar-refractivity contribution in [3.05, 3.63) is 29.4 Å². The molecule has 146 valence electrons. The maximum absolute atomic E-state index is 12.7. The SMILES string of the molecule is CN(C)C(=O)c1cn(C2CCC23CCN(S(=O)(=O)c2cccs2)CC3)nn1. The number of piperidine rings is 1. The summed E-state index contributed by atoms with van der Waals surface area (Å²) in [4.78, 5) is 13.5. The van der Waals surface area contributed by atoms with Crippen molar-refractivity contribution in [3.63, 3.8) is 0 Å². The standard InChI is InChI=1S/C17H23N5O3S2/c1-20(2)16(23)13-12-22(19-18-13)14-5-6-17(14)7-9-21(10-8-17)27(24,25)15-4-3-11-26-15/h3-4,11-12,14H,5-10H2,1-2H3. The van der Waals surface area contributed by atoms with Gasteiger partial charge in [0.2, 0.25) is 0 Å². The molecule has 1 aliphatic heterocycles. The van der Waals surface area contributed by atoms with Gasteiger partial charge in [-0.25, -0.2) is 13.1 Å². The Labute approximate surface area is 162 Å². The number of rotatable bonds is 4. The number of hydrogen-bond acceptors (Lipinski definition) is 6. The maximum Gasteiger partial charge on any atom is 0.275 e. The monoisotopic (exact) mass is 409 g/mol. The molecule has 2 aromatic heterocycles. The topological polar surface area (TPSA) is 88.4 Å². The molecule has 27 heavy (non-hydrogen) atoms. The number of hydrogen-bond donors (Lipinski definition) is 0. The summed E-state index contributed by atoms with van der Waals surface area (Å²) in [7, 11) is -0.00403. The summed E-state index contributed by atoms with van der Waals surface area (Å²) in [6, 6.07) is 3.61. The van der Waals surface area contributed by atoms with Crippen LogP contribution >= 0.6 is 11.3 Å². The molecule has 3 heterocycles. The molecule has 1 spiro atoms. The molecule has 8 nitrogen and oxygen atoms in total. The van der Waals surface area contributed by atoms with E-state index in [2.05, 4.69) is 10.3 Å². The van der Waals surface area contributed by atoms with Gasteiger partial charge in [0.1, 0.15) is 4.21 Å². The molecule has 1 saturated heterocycles. The van der Waals surface area contributed by atoms with Crippen LogP contribution in [0.2, 0.25) is 0 Å². The number of nitrogens with zero attached hydrogens (tertiary/aromatic N) is 5. The summed E-state index contributed by atoms with van der Waals surface area (Å²) in [5.41, 5.74) is 0.396. The van der Waals surface area contributed by atoms with Gasteiger partial charge in [0.15, 0.2) is 5.69 Å². The first-order valence-electron chi connectivity index (χ1n) is 9.01. The third-order valence-corrected chi connectivity index (χ3v) is 9.16. The smallest absolute Gasteiger partial charge is 0.275 e. The van der Waals surface area contributed by atoms with Crippen LogP contribution in [0.4, 0.5) is 0 Å². The molecule has 0 N–H and O–H groups in total. The van der Waals surface area contributed by atoms with Crippen LogP contribution in [0, 0.1) is 5.41 Å². The van der Waals surface area contributed by atoms with Crippen molar-refractivity contribution in [2.75, 3.05) is 27.2 Å². The summed E-state index contributed by atoms with van der Waals surface area (Å²) >= 11 is 1.26. The Morgan fingerprint density at radius 3 is 2.59 bits per heavy atom. The largest absolute Gasteiger partial charge is 0.343 e. The van der Waals surface area contributed by atoms with Gasteiger partial charge in [0.25, 0.3) is 15.9 Å². The zero-order valence-corrected chi connectivity index (χ0v) is 17.0. The van der Waals surface area contributed by atoms with E-state index >= 15 is 0 Å². The molecule has 0 radical (unpaired) electrons. The van der Waals surface area contributed by atoms with E-state index in [9.17, 15) is 13.2 Å². The summed E-state index contributed by atoms with van der Waals surface area (Å²) in [5, 5.41) is 10.0. The lowest BCUT2D eigenvalue weighted by Gasteiger charge is -2.53. The molecule has 2 aliphatic rings. The number of thiophene rings is 1. The minimum Gasteiger partial charge on any atom is -0.343 e. The molecular weight excluding hydrogens is 386 g/mol. The predicted molar refractivity (Wildman–Crippen MR) is 101 cm³/mol. The molecule has 1 unspecified atom stereocenters. The van der Waals surface area contributed by atoms with Gasteiger partial charge in [-0.15, -0.1) is 16.4 Å². The van der Waals surface area contributed by atoms with E-state index in [0.29, 0.717) is 23.0 Å². The highest BCUT2D eigenvalue weighted by molar-refractivity contribution is 7.91. The van der Waals surface area contributed by atoms with Crippen LogP contribution in [-0.2, 0) is 10.0 Å². The lowest BCUT2D eigenvalue weighted by molar-refractivity contribution is -0.0159. The van der Waals surface area contributed by atoms with Gasteiger partial charge in [0.05, 0.1) is 12.2 Å². The van der Waals surface area contributed by atoms with Crippen LogP contribution in [0.3, 0.4) is 0 Å². The first kappa shape index (κ1) is 18.6. The summed E-state index contributed by atoms with van der Waals surface area (Å²) in [6.07, 6.45) is 5.37. The van der Waals surface area contributed by atoms with Crippen LogP contribution in [0.25, 0.3) is 0 Å². The van der Waals surface area contributed by atoms with E-state index in [1.54, 1.807) is 42.1 Å². The molecule has 0 aromatic carbocycles. The van der Waals surface area contributed by atoms with Gasteiger partial charge in [0, 0.05) is 27.2 Å². The van der Waals surface area contributed by atoms with Crippen LogP contribution < -0.4 is 0 Å². The lowest BCUT2D eigenvalue weighted by Crippen LogP contribution is -2.51. The van der Waals surface area contributed by atoms with Crippen molar-refractivity contribution in [2.45, 2.75) is 35.9 Å². The fourth-order valence-corrected chi connectivity index (χ4v) is 6.73. The molecule has 1 aliphatic carbocycles. The van der Waals surface area contributed by atoms with Crippen LogP contribution in [0.15, 0.2) is 27.9 Å². The van der Waals surface area contributed by atoms with E-state index in [1.807, 2.05) is 4.68 Å². The average Bonchev–Trinajstić information content (AvgIpc) is 3.32. The van der Waals surface area contributed by atoms with Gasteiger partial charge in [-0.3, -0.25) is 4.79 Å². The molecule has 0 bridgehead atoms. The zero-order chi connectivity index (χ0) is 19.2. The van der Waals surface area contributed by atoms with Crippen molar-refractivity contribution in [3.8, 4) is 0 Å². The van der Waals surface area contributed by atoms with E-state index in [4.69, 9.17) is 0 Å². The second-order valence-electron chi connectivity index (χ2n) is 7.54. The Balaban J connectivity index is 1.47. The Kier molecular flexibility index (Phi) is 4.59. The molecule has 10 heteroatoms. The van der Waals surface area contributed by atoms with Crippen molar-refractivity contribution < 1.29 is 13.2 Å². The van der Waals surface area contributed by atoms with Gasteiger partial charge >= 0.3 is 0 Å². The summed E-state index contributed by atoms with van der Waals surface area (Å²) in [6.45, 7) is 1.05. The van der Waals surface area contributed by atoms with Gasteiger partial charge in [-0.2, -0.15) is 4.31 Å². The molecule has 1 saturated carbocycles. The zero-order valence-electron chi connectivity index (χ0n) is 15.4. The van der Waals surface area contributed by atoms with Crippen molar-refractivity contribution in [1.82, 2.24) is 24.2 Å². The van der Waals surface area contributed by atoms with Gasteiger partial charge < -0.3 is 4.90 Å². The minimum atomic E-state index is -3.38. The van der Waals surface area contributed by atoms with Crippen LogP contribution in [-0.4, -0.2) is 65.7 Å². The highest BCUT2D eigenvalue weighted by Crippen LogP contribution is 2.56. The Bertz CT molecular complexity index is 928. The number of carbonyl (C=O) groups is 1. The molecule has 2 fully saturated rings. The fourth-order valence-electron chi connectivity index (χ4n) is 4.14. The number of aromatic nitrogens is 3. The van der Waals surface area contributed by atoms with E-state index in [-0.39, 0.29) is 17.4 Å².